The second-order valence-corrected chi connectivity index (χ2v) is 6.10. The van der Waals surface area contributed by atoms with Crippen LogP contribution in [-0.2, 0) is 9.47 Å². The summed E-state index contributed by atoms with van der Waals surface area (Å²) < 4.78 is 16.8. The Balaban J connectivity index is 2.63. The van der Waals surface area contributed by atoms with Gasteiger partial charge in [0.1, 0.15) is 5.75 Å². The fourth-order valence-corrected chi connectivity index (χ4v) is 2.00. The molecule has 0 bridgehead atoms. The zero-order chi connectivity index (χ0) is 15.9. The number of ether oxygens (including phenoxy) is 3. The predicted octanol–water partition coefficient (Wildman–Crippen LogP) is 3.31. The molecule has 0 saturated carbocycles. The van der Waals surface area contributed by atoms with Gasteiger partial charge in [0.05, 0.1) is 32.0 Å². The van der Waals surface area contributed by atoms with E-state index < -0.39 is 0 Å². The van der Waals surface area contributed by atoms with Gasteiger partial charge in [-0.2, -0.15) is 0 Å². The molecule has 2 atom stereocenters. The largest absolute Gasteiger partial charge is 0.497 e. The highest BCUT2D eigenvalue weighted by Crippen LogP contribution is 2.24. The van der Waals surface area contributed by atoms with Crippen molar-refractivity contribution in [1.82, 2.24) is 0 Å². The van der Waals surface area contributed by atoms with Gasteiger partial charge in [0.2, 0.25) is 0 Å². The highest BCUT2D eigenvalue weighted by atomic mass is 16.5. The molecule has 0 fully saturated rings. The molecule has 1 rings (SSSR count). The molecule has 0 radical (unpaired) electrons. The summed E-state index contributed by atoms with van der Waals surface area (Å²) >= 11 is 0. The van der Waals surface area contributed by atoms with Gasteiger partial charge >= 0.3 is 0 Å². The second kappa shape index (κ2) is 8.37. The molecule has 0 aliphatic heterocycles. The molecule has 4 heteroatoms. The van der Waals surface area contributed by atoms with Crippen LogP contribution >= 0.6 is 0 Å². The number of rotatable bonds is 8. The third-order valence-electron chi connectivity index (χ3n) is 3.22. The summed E-state index contributed by atoms with van der Waals surface area (Å²) in [7, 11) is 1.66. The molecule has 0 spiro atoms. The van der Waals surface area contributed by atoms with Gasteiger partial charge in [0.15, 0.2) is 0 Å². The molecule has 0 amide bonds. The first-order chi connectivity index (χ1) is 9.87. The second-order valence-electron chi connectivity index (χ2n) is 6.10. The first kappa shape index (κ1) is 18.0. The molecule has 1 aromatic carbocycles. The minimum Gasteiger partial charge on any atom is -0.497 e. The monoisotopic (exact) mass is 295 g/mol. The quantitative estimate of drug-likeness (QED) is 0.748. The first-order valence-electron chi connectivity index (χ1n) is 7.52. The highest BCUT2D eigenvalue weighted by Gasteiger charge is 2.19. The van der Waals surface area contributed by atoms with Crippen LogP contribution in [-0.4, -0.2) is 32.0 Å². The minimum absolute atomic E-state index is 0.0342. The molecule has 0 heterocycles. The Labute approximate surface area is 128 Å². The van der Waals surface area contributed by atoms with Crippen LogP contribution < -0.4 is 10.5 Å². The minimum atomic E-state index is -0.147. The SMILES string of the molecule is CCC(N)C(OCCOC(C)(C)C)c1ccc(OC)cc1. The molecule has 1 aromatic rings. The molecule has 0 aliphatic rings. The molecule has 0 aromatic heterocycles. The van der Waals surface area contributed by atoms with E-state index in [4.69, 9.17) is 19.9 Å². The maximum absolute atomic E-state index is 6.19. The van der Waals surface area contributed by atoms with E-state index in [2.05, 4.69) is 6.92 Å². The molecular weight excluding hydrogens is 266 g/mol. The summed E-state index contributed by atoms with van der Waals surface area (Å²) in [5.74, 6) is 0.832. The van der Waals surface area contributed by atoms with Crippen molar-refractivity contribution in [2.75, 3.05) is 20.3 Å². The lowest BCUT2D eigenvalue weighted by atomic mass is 10.0. The van der Waals surface area contributed by atoms with Gasteiger partial charge in [0, 0.05) is 6.04 Å². The predicted molar refractivity (Wildman–Crippen MR) is 85.7 cm³/mol. The highest BCUT2D eigenvalue weighted by molar-refractivity contribution is 5.29. The van der Waals surface area contributed by atoms with Gasteiger partial charge in [-0.05, 0) is 44.9 Å². The number of hydrogen-bond acceptors (Lipinski definition) is 4. The summed E-state index contributed by atoms with van der Waals surface area (Å²) in [4.78, 5) is 0. The molecule has 2 N–H and O–H groups in total. The Morgan fingerprint density at radius 1 is 1.10 bits per heavy atom. The average Bonchev–Trinajstić information content (AvgIpc) is 2.46. The van der Waals surface area contributed by atoms with Gasteiger partial charge in [-0.3, -0.25) is 0 Å². The van der Waals surface area contributed by atoms with E-state index in [0.717, 1.165) is 17.7 Å². The van der Waals surface area contributed by atoms with E-state index in [1.807, 2.05) is 45.0 Å². The van der Waals surface area contributed by atoms with E-state index >= 15 is 0 Å². The van der Waals surface area contributed by atoms with Crippen molar-refractivity contribution in [3.8, 4) is 5.75 Å². The standard InChI is InChI=1S/C17H29NO3/c1-6-15(18)16(20-11-12-21-17(2,3)4)13-7-9-14(19-5)10-8-13/h7-10,15-16H,6,11-12,18H2,1-5H3. The van der Waals surface area contributed by atoms with Gasteiger partial charge in [0.25, 0.3) is 0 Å². The van der Waals surface area contributed by atoms with Crippen LogP contribution in [0.5, 0.6) is 5.75 Å². The van der Waals surface area contributed by atoms with Gasteiger partial charge in [-0.1, -0.05) is 19.1 Å². The van der Waals surface area contributed by atoms with Crippen molar-refractivity contribution in [2.45, 2.75) is 51.9 Å². The summed E-state index contributed by atoms with van der Waals surface area (Å²) in [6.45, 7) is 9.26. The van der Waals surface area contributed by atoms with E-state index in [0.29, 0.717) is 13.2 Å². The van der Waals surface area contributed by atoms with Crippen molar-refractivity contribution < 1.29 is 14.2 Å². The fraction of sp³-hybridized carbons (Fsp3) is 0.647. The Hall–Kier alpha value is -1.10. The Morgan fingerprint density at radius 2 is 1.71 bits per heavy atom. The third kappa shape index (κ3) is 6.46. The van der Waals surface area contributed by atoms with Crippen LogP contribution in [0.4, 0.5) is 0 Å². The summed E-state index contributed by atoms with van der Waals surface area (Å²) in [6.07, 6.45) is 0.737. The van der Waals surface area contributed by atoms with Crippen LogP contribution in [0, 0.1) is 0 Å². The lowest BCUT2D eigenvalue weighted by Gasteiger charge is -2.25. The Kier molecular flexibility index (Phi) is 7.15. The molecule has 4 nitrogen and oxygen atoms in total. The van der Waals surface area contributed by atoms with Crippen molar-refractivity contribution in [3.63, 3.8) is 0 Å². The number of nitrogens with two attached hydrogens (primary N) is 1. The van der Waals surface area contributed by atoms with Crippen LogP contribution in [0.2, 0.25) is 0 Å². The van der Waals surface area contributed by atoms with Crippen molar-refractivity contribution in [3.05, 3.63) is 29.8 Å². The molecule has 120 valence electrons. The van der Waals surface area contributed by atoms with Crippen molar-refractivity contribution >= 4 is 0 Å². The van der Waals surface area contributed by atoms with Crippen molar-refractivity contribution in [1.29, 1.82) is 0 Å². The van der Waals surface area contributed by atoms with Crippen LogP contribution in [0.25, 0.3) is 0 Å². The number of methoxy groups -OCH3 is 1. The molecule has 21 heavy (non-hydrogen) atoms. The summed E-state index contributed by atoms with van der Waals surface area (Å²) in [6, 6.07) is 7.83. The van der Waals surface area contributed by atoms with E-state index in [1.165, 1.54) is 0 Å². The van der Waals surface area contributed by atoms with E-state index in [-0.39, 0.29) is 17.7 Å². The third-order valence-corrected chi connectivity index (χ3v) is 3.22. The Morgan fingerprint density at radius 3 is 2.19 bits per heavy atom. The smallest absolute Gasteiger partial charge is 0.118 e. The van der Waals surface area contributed by atoms with E-state index in [9.17, 15) is 0 Å². The van der Waals surface area contributed by atoms with Crippen LogP contribution in [0.3, 0.4) is 0 Å². The van der Waals surface area contributed by atoms with Crippen molar-refractivity contribution in [2.24, 2.45) is 5.73 Å². The molecule has 0 aliphatic carbocycles. The topological polar surface area (TPSA) is 53.7 Å². The molecular formula is C17H29NO3. The van der Waals surface area contributed by atoms with Gasteiger partial charge in [-0.25, -0.2) is 0 Å². The number of benzene rings is 1. The molecule has 0 saturated heterocycles. The number of hydrogen-bond donors (Lipinski definition) is 1. The maximum atomic E-state index is 6.19. The Bertz CT molecular complexity index is 397. The van der Waals surface area contributed by atoms with Crippen LogP contribution in [0.15, 0.2) is 24.3 Å². The van der Waals surface area contributed by atoms with Gasteiger partial charge in [-0.15, -0.1) is 0 Å². The zero-order valence-corrected chi connectivity index (χ0v) is 13.9. The maximum Gasteiger partial charge on any atom is 0.118 e. The summed E-state index contributed by atoms with van der Waals surface area (Å²) in [5.41, 5.74) is 7.11. The fourth-order valence-electron chi connectivity index (χ4n) is 2.00. The zero-order valence-electron chi connectivity index (χ0n) is 13.9. The van der Waals surface area contributed by atoms with Gasteiger partial charge < -0.3 is 19.9 Å². The lowest BCUT2D eigenvalue weighted by Crippen LogP contribution is -2.31. The normalized spacial score (nSPS) is 14.8. The first-order valence-corrected chi connectivity index (χ1v) is 7.52. The summed E-state index contributed by atoms with van der Waals surface area (Å²) in [5, 5.41) is 0. The van der Waals surface area contributed by atoms with E-state index in [1.54, 1.807) is 7.11 Å². The van der Waals surface area contributed by atoms with Crippen LogP contribution in [0.1, 0.15) is 45.8 Å². The molecule has 2 unspecified atom stereocenters. The average molecular weight is 295 g/mol. The lowest BCUT2D eigenvalue weighted by molar-refractivity contribution is -0.0570.